The lowest BCUT2D eigenvalue weighted by atomic mass is 10.1. The highest BCUT2D eigenvalue weighted by Crippen LogP contribution is 2.27. The van der Waals surface area contributed by atoms with E-state index in [4.69, 9.17) is 0 Å². The number of nitrogens with zero attached hydrogens (tertiary/aromatic N) is 5. The second kappa shape index (κ2) is 6.11. The van der Waals surface area contributed by atoms with Crippen molar-refractivity contribution in [1.82, 2.24) is 29.9 Å². The Hall–Kier alpha value is -3.37. The SMILES string of the molecule is Fc1cccc(Cc2nn(-c3nc(C(F)(F)F)n[nH]3)c3cccnc23)c1F. The number of rotatable bonds is 3. The van der Waals surface area contributed by atoms with Gasteiger partial charge >= 0.3 is 6.18 Å². The quantitative estimate of drug-likeness (QED) is 0.553. The first kappa shape index (κ1) is 17.1. The largest absolute Gasteiger partial charge is 0.453 e. The second-order valence-electron chi connectivity index (χ2n) is 5.60. The van der Waals surface area contributed by atoms with Crippen LogP contribution in [-0.4, -0.2) is 29.9 Å². The van der Waals surface area contributed by atoms with Gasteiger partial charge in [-0.25, -0.2) is 13.9 Å². The van der Waals surface area contributed by atoms with Crippen molar-refractivity contribution >= 4 is 11.0 Å². The summed E-state index contributed by atoms with van der Waals surface area (Å²) >= 11 is 0. The fraction of sp³-hybridized carbons (Fsp3) is 0.125. The molecule has 0 atom stereocenters. The van der Waals surface area contributed by atoms with Gasteiger partial charge in [0.1, 0.15) is 5.52 Å². The molecule has 0 aliphatic heterocycles. The van der Waals surface area contributed by atoms with E-state index in [0.717, 1.165) is 10.7 Å². The minimum absolute atomic E-state index is 0.0424. The van der Waals surface area contributed by atoms with Crippen LogP contribution in [0.2, 0.25) is 0 Å². The highest BCUT2D eigenvalue weighted by molar-refractivity contribution is 5.79. The molecule has 0 saturated heterocycles. The summed E-state index contributed by atoms with van der Waals surface area (Å²) in [4.78, 5) is 7.55. The van der Waals surface area contributed by atoms with Crippen LogP contribution in [-0.2, 0) is 12.6 Å². The van der Waals surface area contributed by atoms with Crippen LogP contribution in [0.3, 0.4) is 0 Å². The van der Waals surface area contributed by atoms with Crippen LogP contribution in [0.25, 0.3) is 17.0 Å². The van der Waals surface area contributed by atoms with Gasteiger partial charge in [-0.05, 0) is 23.8 Å². The first-order chi connectivity index (χ1) is 12.8. The van der Waals surface area contributed by atoms with Crippen LogP contribution in [0.5, 0.6) is 0 Å². The van der Waals surface area contributed by atoms with Crippen molar-refractivity contribution < 1.29 is 22.0 Å². The Morgan fingerprint density at radius 2 is 1.89 bits per heavy atom. The number of hydrogen-bond donors (Lipinski definition) is 1. The highest BCUT2D eigenvalue weighted by Gasteiger charge is 2.36. The number of pyridine rings is 1. The third-order valence-electron chi connectivity index (χ3n) is 3.83. The van der Waals surface area contributed by atoms with E-state index in [1.807, 2.05) is 0 Å². The van der Waals surface area contributed by atoms with Crippen molar-refractivity contribution in [2.75, 3.05) is 0 Å². The lowest BCUT2D eigenvalue weighted by Gasteiger charge is -2.01. The van der Waals surface area contributed by atoms with Crippen molar-refractivity contribution in [2.24, 2.45) is 0 Å². The topological polar surface area (TPSA) is 72.3 Å². The van der Waals surface area contributed by atoms with Crippen LogP contribution in [0, 0.1) is 11.6 Å². The molecule has 1 N–H and O–H groups in total. The molecule has 6 nitrogen and oxygen atoms in total. The number of aromatic amines is 1. The van der Waals surface area contributed by atoms with Crippen LogP contribution < -0.4 is 0 Å². The van der Waals surface area contributed by atoms with Gasteiger partial charge < -0.3 is 0 Å². The van der Waals surface area contributed by atoms with E-state index in [1.165, 1.54) is 18.3 Å². The van der Waals surface area contributed by atoms with E-state index < -0.39 is 23.6 Å². The van der Waals surface area contributed by atoms with E-state index in [1.54, 1.807) is 12.1 Å². The first-order valence-electron chi connectivity index (χ1n) is 7.60. The molecule has 0 aliphatic rings. The fourth-order valence-electron chi connectivity index (χ4n) is 2.63. The Bertz CT molecular complexity index is 1130. The minimum atomic E-state index is -4.72. The number of benzene rings is 1. The van der Waals surface area contributed by atoms with Gasteiger partial charge in [0.15, 0.2) is 11.6 Å². The van der Waals surface area contributed by atoms with E-state index in [9.17, 15) is 22.0 Å². The van der Waals surface area contributed by atoms with Gasteiger partial charge in [-0.1, -0.05) is 12.1 Å². The lowest BCUT2D eigenvalue weighted by Crippen LogP contribution is -2.08. The molecule has 0 bridgehead atoms. The number of nitrogens with one attached hydrogen (secondary N) is 1. The van der Waals surface area contributed by atoms with E-state index in [0.29, 0.717) is 11.0 Å². The summed E-state index contributed by atoms with van der Waals surface area (Å²) in [5.74, 6) is -3.64. The van der Waals surface area contributed by atoms with Gasteiger partial charge in [-0.15, -0.1) is 5.10 Å². The predicted molar refractivity (Wildman–Crippen MR) is 83.0 cm³/mol. The Morgan fingerprint density at radius 3 is 2.63 bits per heavy atom. The van der Waals surface area contributed by atoms with Crippen molar-refractivity contribution in [3.05, 3.63) is 65.2 Å². The van der Waals surface area contributed by atoms with Crippen molar-refractivity contribution in [3.63, 3.8) is 0 Å². The molecule has 0 spiro atoms. The molecule has 3 aromatic heterocycles. The maximum absolute atomic E-state index is 14.0. The van der Waals surface area contributed by atoms with Crippen molar-refractivity contribution in [2.45, 2.75) is 12.6 Å². The zero-order valence-electron chi connectivity index (χ0n) is 13.3. The number of alkyl halides is 3. The molecule has 138 valence electrons. The van der Waals surface area contributed by atoms with Gasteiger partial charge in [-0.2, -0.15) is 27.9 Å². The van der Waals surface area contributed by atoms with Crippen LogP contribution in [0.15, 0.2) is 36.5 Å². The summed E-state index contributed by atoms with van der Waals surface area (Å²) in [6.45, 7) is 0. The van der Waals surface area contributed by atoms with Gasteiger partial charge in [0.25, 0.3) is 5.82 Å². The lowest BCUT2D eigenvalue weighted by molar-refractivity contribution is -0.144. The van der Waals surface area contributed by atoms with Gasteiger partial charge in [0.2, 0.25) is 5.95 Å². The normalized spacial score (nSPS) is 12.0. The van der Waals surface area contributed by atoms with Gasteiger partial charge in [-0.3, -0.25) is 4.98 Å². The smallest absolute Gasteiger partial charge is 0.253 e. The average Bonchev–Trinajstić information content (AvgIpc) is 3.24. The Balaban J connectivity index is 1.82. The highest BCUT2D eigenvalue weighted by atomic mass is 19.4. The molecule has 4 rings (SSSR count). The molecule has 0 fully saturated rings. The molecule has 0 aliphatic carbocycles. The Kier molecular flexibility index (Phi) is 3.86. The molecular weight excluding hydrogens is 371 g/mol. The number of hydrogen-bond acceptors (Lipinski definition) is 4. The molecule has 0 amide bonds. The number of fused-ring (bicyclic) bond motifs is 1. The minimum Gasteiger partial charge on any atom is -0.253 e. The molecule has 27 heavy (non-hydrogen) atoms. The number of halogens is 5. The maximum atomic E-state index is 14.0. The summed E-state index contributed by atoms with van der Waals surface area (Å²) in [6.07, 6.45) is -3.37. The third-order valence-corrected chi connectivity index (χ3v) is 3.83. The fourth-order valence-corrected chi connectivity index (χ4v) is 2.63. The van der Waals surface area contributed by atoms with E-state index in [-0.39, 0.29) is 23.6 Å². The van der Waals surface area contributed by atoms with Crippen LogP contribution >= 0.6 is 0 Å². The summed E-state index contributed by atoms with van der Waals surface area (Å²) < 4.78 is 66.7. The Labute approximate surface area is 147 Å². The summed E-state index contributed by atoms with van der Waals surface area (Å²) in [6, 6.07) is 6.86. The molecule has 0 saturated carbocycles. The molecular formula is C16H9F5N6. The number of H-pyrrole nitrogens is 1. The van der Waals surface area contributed by atoms with Crippen LogP contribution in [0.4, 0.5) is 22.0 Å². The van der Waals surface area contributed by atoms with Crippen molar-refractivity contribution in [3.8, 4) is 5.95 Å². The zero-order valence-corrected chi connectivity index (χ0v) is 13.3. The molecule has 1 aromatic carbocycles. The van der Waals surface area contributed by atoms with Gasteiger partial charge in [0.05, 0.1) is 11.2 Å². The standard InChI is InChI=1S/C16H9F5N6/c17-9-4-1-3-8(12(9)18)7-10-13-11(5-2-6-22-13)27(26-10)15-23-14(24-25-15)16(19,20)21/h1-6H,7H2,(H,23,24,25). The number of aromatic nitrogens is 6. The summed E-state index contributed by atoms with van der Waals surface area (Å²) in [5, 5.41) is 9.50. The second-order valence-corrected chi connectivity index (χ2v) is 5.60. The average molecular weight is 380 g/mol. The van der Waals surface area contributed by atoms with E-state index >= 15 is 0 Å². The van der Waals surface area contributed by atoms with Crippen LogP contribution in [0.1, 0.15) is 17.1 Å². The predicted octanol–water partition coefficient (Wildman–Crippen LogP) is 3.43. The molecule has 3 heterocycles. The van der Waals surface area contributed by atoms with E-state index in [2.05, 4.69) is 25.3 Å². The monoisotopic (exact) mass is 380 g/mol. The molecule has 4 aromatic rings. The molecule has 0 radical (unpaired) electrons. The third kappa shape index (κ3) is 3.00. The summed E-state index contributed by atoms with van der Waals surface area (Å²) in [7, 11) is 0. The maximum Gasteiger partial charge on any atom is 0.453 e. The van der Waals surface area contributed by atoms with Crippen molar-refractivity contribution in [1.29, 1.82) is 0 Å². The Morgan fingerprint density at radius 1 is 1.07 bits per heavy atom. The molecule has 0 unspecified atom stereocenters. The summed E-state index contributed by atoms with van der Waals surface area (Å²) in [5.41, 5.74) is 0.959. The first-order valence-corrected chi connectivity index (χ1v) is 7.60. The van der Waals surface area contributed by atoms with Gasteiger partial charge in [0, 0.05) is 12.6 Å². The zero-order chi connectivity index (χ0) is 19.2. The molecule has 11 heteroatoms.